The Bertz CT molecular complexity index is 349. The second-order valence-electron chi connectivity index (χ2n) is 4.87. The fourth-order valence-electron chi connectivity index (χ4n) is 1.62. The number of rotatable bonds is 9. The second kappa shape index (κ2) is 8.02. The van der Waals surface area contributed by atoms with Crippen molar-refractivity contribution in [2.24, 2.45) is 0 Å². The lowest BCUT2D eigenvalue weighted by Gasteiger charge is -2.24. The van der Waals surface area contributed by atoms with Crippen molar-refractivity contribution in [2.75, 3.05) is 26.3 Å². The lowest BCUT2D eigenvalue weighted by atomic mass is 10.1. The summed E-state index contributed by atoms with van der Waals surface area (Å²) < 4.78 is 10.9. The third kappa shape index (κ3) is 6.45. The zero-order valence-electron chi connectivity index (χ0n) is 12.1. The fourth-order valence-corrected chi connectivity index (χ4v) is 1.62. The van der Waals surface area contributed by atoms with Crippen LogP contribution in [0.15, 0.2) is 24.3 Å². The second-order valence-corrected chi connectivity index (χ2v) is 4.87. The molecule has 1 atom stereocenters. The van der Waals surface area contributed by atoms with Gasteiger partial charge in [0.15, 0.2) is 0 Å². The number of nitrogens with one attached hydrogen (secondary N) is 1. The summed E-state index contributed by atoms with van der Waals surface area (Å²) in [5, 5.41) is 13.3. The number of hydrogen-bond donors (Lipinski definition) is 2. The highest BCUT2D eigenvalue weighted by Gasteiger charge is 2.20. The molecular weight excluding hydrogens is 242 g/mol. The predicted octanol–water partition coefficient (Wildman–Crippen LogP) is 2.21. The van der Waals surface area contributed by atoms with E-state index in [-0.39, 0.29) is 6.61 Å². The zero-order valence-corrected chi connectivity index (χ0v) is 12.1. The summed E-state index contributed by atoms with van der Waals surface area (Å²) in [6.07, 6.45) is 1.05. The van der Waals surface area contributed by atoms with Crippen LogP contribution < -0.4 is 14.8 Å². The van der Waals surface area contributed by atoms with Gasteiger partial charge in [-0.25, -0.2) is 0 Å². The molecule has 1 unspecified atom stereocenters. The predicted molar refractivity (Wildman–Crippen MR) is 76.9 cm³/mol. The molecule has 4 nitrogen and oxygen atoms in total. The van der Waals surface area contributed by atoms with E-state index in [1.807, 2.05) is 31.2 Å². The molecule has 0 fully saturated rings. The summed E-state index contributed by atoms with van der Waals surface area (Å²) >= 11 is 0. The van der Waals surface area contributed by atoms with E-state index in [9.17, 15) is 5.11 Å². The van der Waals surface area contributed by atoms with Gasteiger partial charge in [-0.1, -0.05) is 6.92 Å². The van der Waals surface area contributed by atoms with Crippen molar-refractivity contribution in [3.05, 3.63) is 24.3 Å². The Morgan fingerprint density at radius 3 is 2.21 bits per heavy atom. The molecule has 108 valence electrons. The van der Waals surface area contributed by atoms with Crippen LogP contribution in [0.2, 0.25) is 0 Å². The number of ether oxygens (including phenoxy) is 2. The van der Waals surface area contributed by atoms with Crippen LogP contribution in [0.4, 0.5) is 0 Å². The molecule has 0 spiro atoms. The van der Waals surface area contributed by atoms with Crippen molar-refractivity contribution in [2.45, 2.75) is 32.8 Å². The third-order valence-corrected chi connectivity index (χ3v) is 2.62. The Hall–Kier alpha value is -1.26. The van der Waals surface area contributed by atoms with E-state index in [0.29, 0.717) is 13.2 Å². The summed E-state index contributed by atoms with van der Waals surface area (Å²) in [5.41, 5.74) is -0.867. The molecule has 0 saturated carbocycles. The summed E-state index contributed by atoms with van der Waals surface area (Å²) in [4.78, 5) is 0. The number of benzene rings is 1. The lowest BCUT2D eigenvalue weighted by molar-refractivity contribution is 0.0125. The van der Waals surface area contributed by atoms with Crippen LogP contribution in [0.5, 0.6) is 11.5 Å². The van der Waals surface area contributed by atoms with Gasteiger partial charge >= 0.3 is 0 Å². The van der Waals surface area contributed by atoms with Crippen molar-refractivity contribution >= 4 is 0 Å². The van der Waals surface area contributed by atoms with Crippen LogP contribution >= 0.6 is 0 Å². The molecule has 0 bridgehead atoms. The Labute approximate surface area is 115 Å². The summed E-state index contributed by atoms with van der Waals surface area (Å²) in [7, 11) is 0. The van der Waals surface area contributed by atoms with Crippen LogP contribution in [0.1, 0.15) is 27.2 Å². The first-order chi connectivity index (χ1) is 9.07. The van der Waals surface area contributed by atoms with Crippen molar-refractivity contribution < 1.29 is 14.6 Å². The quantitative estimate of drug-likeness (QED) is 0.674. The molecule has 0 aliphatic carbocycles. The Morgan fingerprint density at radius 1 is 1.11 bits per heavy atom. The normalized spacial score (nSPS) is 13.9. The van der Waals surface area contributed by atoms with Crippen LogP contribution in [-0.4, -0.2) is 37.0 Å². The van der Waals surface area contributed by atoms with Gasteiger partial charge in [0, 0.05) is 6.54 Å². The summed E-state index contributed by atoms with van der Waals surface area (Å²) in [6, 6.07) is 7.42. The minimum atomic E-state index is -0.867. The maximum absolute atomic E-state index is 10.1. The van der Waals surface area contributed by atoms with E-state index in [1.165, 1.54) is 0 Å². The Balaban J connectivity index is 2.38. The van der Waals surface area contributed by atoms with Gasteiger partial charge in [0.1, 0.15) is 23.7 Å². The number of hydrogen-bond acceptors (Lipinski definition) is 4. The highest BCUT2D eigenvalue weighted by atomic mass is 16.5. The molecule has 0 aliphatic rings. The first-order valence-electron chi connectivity index (χ1n) is 6.86. The highest BCUT2D eigenvalue weighted by Crippen LogP contribution is 2.18. The van der Waals surface area contributed by atoms with Crippen molar-refractivity contribution in [3.63, 3.8) is 0 Å². The minimum Gasteiger partial charge on any atom is -0.494 e. The summed E-state index contributed by atoms with van der Waals surface area (Å²) in [6.45, 7) is 8.15. The van der Waals surface area contributed by atoms with E-state index < -0.39 is 5.60 Å². The van der Waals surface area contributed by atoms with Crippen molar-refractivity contribution in [1.29, 1.82) is 0 Å². The lowest BCUT2D eigenvalue weighted by Crippen LogP contribution is -2.43. The van der Waals surface area contributed by atoms with E-state index in [1.54, 1.807) is 6.92 Å². The molecule has 1 aromatic rings. The third-order valence-electron chi connectivity index (χ3n) is 2.62. The molecule has 0 amide bonds. The average molecular weight is 267 g/mol. The molecular formula is C15H25NO3. The van der Waals surface area contributed by atoms with Crippen LogP contribution in [-0.2, 0) is 0 Å². The Morgan fingerprint density at radius 2 is 1.68 bits per heavy atom. The van der Waals surface area contributed by atoms with Crippen molar-refractivity contribution in [1.82, 2.24) is 5.32 Å². The molecule has 0 aliphatic heterocycles. The Kier molecular flexibility index (Phi) is 6.67. The molecule has 1 aromatic carbocycles. The van der Waals surface area contributed by atoms with Gasteiger partial charge < -0.3 is 19.9 Å². The van der Waals surface area contributed by atoms with Crippen LogP contribution in [0.25, 0.3) is 0 Å². The molecule has 0 radical (unpaired) electrons. The summed E-state index contributed by atoms with van der Waals surface area (Å²) in [5.74, 6) is 1.56. The minimum absolute atomic E-state index is 0.262. The molecule has 19 heavy (non-hydrogen) atoms. The first-order valence-corrected chi connectivity index (χ1v) is 6.86. The topological polar surface area (TPSA) is 50.7 Å². The molecule has 0 saturated heterocycles. The SMILES string of the molecule is CCCNCC(C)(O)COc1ccc(OCC)cc1. The maximum atomic E-state index is 10.1. The smallest absolute Gasteiger partial charge is 0.119 e. The first kappa shape index (κ1) is 15.8. The van der Waals surface area contributed by atoms with Crippen molar-refractivity contribution in [3.8, 4) is 11.5 Å². The monoisotopic (exact) mass is 267 g/mol. The van der Waals surface area contributed by atoms with Gasteiger partial charge in [0.05, 0.1) is 6.61 Å². The highest BCUT2D eigenvalue weighted by molar-refractivity contribution is 5.31. The van der Waals surface area contributed by atoms with Gasteiger partial charge in [0.25, 0.3) is 0 Å². The average Bonchev–Trinajstić information content (AvgIpc) is 2.39. The van der Waals surface area contributed by atoms with E-state index in [4.69, 9.17) is 9.47 Å². The zero-order chi connectivity index (χ0) is 14.1. The maximum Gasteiger partial charge on any atom is 0.119 e. The van der Waals surface area contributed by atoms with E-state index in [2.05, 4.69) is 12.2 Å². The fraction of sp³-hybridized carbons (Fsp3) is 0.600. The van der Waals surface area contributed by atoms with Crippen LogP contribution in [0, 0.1) is 0 Å². The van der Waals surface area contributed by atoms with E-state index >= 15 is 0 Å². The van der Waals surface area contributed by atoms with Gasteiger partial charge in [-0.2, -0.15) is 0 Å². The molecule has 0 heterocycles. The molecule has 0 aromatic heterocycles. The number of aliphatic hydroxyl groups is 1. The van der Waals surface area contributed by atoms with Gasteiger partial charge in [-0.05, 0) is 51.1 Å². The van der Waals surface area contributed by atoms with Gasteiger partial charge in [0.2, 0.25) is 0 Å². The largest absolute Gasteiger partial charge is 0.494 e. The van der Waals surface area contributed by atoms with Crippen LogP contribution in [0.3, 0.4) is 0 Å². The van der Waals surface area contributed by atoms with Gasteiger partial charge in [-0.3, -0.25) is 0 Å². The molecule has 1 rings (SSSR count). The van der Waals surface area contributed by atoms with E-state index in [0.717, 1.165) is 24.5 Å². The molecule has 2 N–H and O–H groups in total. The standard InChI is InChI=1S/C15H25NO3/c1-4-10-16-11-15(3,17)12-19-14-8-6-13(7-9-14)18-5-2/h6-9,16-17H,4-5,10-12H2,1-3H3. The van der Waals surface area contributed by atoms with Gasteiger partial charge in [-0.15, -0.1) is 0 Å². The molecule has 4 heteroatoms.